The predicted molar refractivity (Wildman–Crippen MR) is 191 cm³/mol. The van der Waals surface area contributed by atoms with E-state index in [2.05, 4.69) is 31.3 Å². The summed E-state index contributed by atoms with van der Waals surface area (Å²) in [6.07, 6.45) is 6.27. The molecule has 0 radical (unpaired) electrons. The molecule has 11 heteroatoms. The summed E-state index contributed by atoms with van der Waals surface area (Å²) in [6.45, 7) is 2.57. The van der Waals surface area contributed by atoms with E-state index in [1.165, 1.54) is 4.68 Å². The minimum atomic E-state index is -1.77. The van der Waals surface area contributed by atoms with Crippen LogP contribution in [0.25, 0.3) is 16.6 Å². The molecule has 0 saturated heterocycles. The fraction of sp³-hybridized carbons (Fsp3) is 0.211. The fourth-order valence-electron chi connectivity index (χ4n) is 6.53. The number of hydrogen-bond donors (Lipinski definition) is 3. The Labute approximate surface area is 291 Å². The van der Waals surface area contributed by atoms with Gasteiger partial charge < -0.3 is 15.1 Å². The summed E-state index contributed by atoms with van der Waals surface area (Å²) in [4.78, 5) is 28.6. The van der Waals surface area contributed by atoms with Gasteiger partial charge in [-0.05, 0) is 60.0 Å². The second kappa shape index (κ2) is 13.4. The molecule has 2 aromatic heterocycles. The quantitative estimate of drug-likeness (QED) is 0.145. The van der Waals surface area contributed by atoms with Gasteiger partial charge in [-0.1, -0.05) is 94.8 Å². The number of allylic oxidation sites excluding steroid dienone is 1. The Bertz CT molecular complexity index is 2210. The molecule has 1 amide bonds. The number of benzene rings is 4. The zero-order chi connectivity index (χ0) is 34.1. The van der Waals surface area contributed by atoms with Crippen molar-refractivity contribution in [3.05, 3.63) is 153 Å². The van der Waals surface area contributed by atoms with Crippen LogP contribution in [0.4, 0.5) is 5.69 Å². The van der Waals surface area contributed by atoms with Gasteiger partial charge in [0.05, 0.1) is 47.0 Å². The molecule has 0 fully saturated rings. The number of fused-ring (bicyclic) bond motifs is 2. The topological polar surface area (TPSA) is 129 Å². The smallest absolute Gasteiger partial charge is 0.279 e. The number of H-pyrrole nitrogens is 1. The number of aromatic nitrogens is 5. The van der Waals surface area contributed by atoms with Crippen LogP contribution in [0.15, 0.2) is 125 Å². The van der Waals surface area contributed by atoms with Gasteiger partial charge in [0.2, 0.25) is 0 Å². The summed E-state index contributed by atoms with van der Waals surface area (Å²) in [5.41, 5.74) is 3.26. The summed E-state index contributed by atoms with van der Waals surface area (Å²) >= 11 is 3.52. The van der Waals surface area contributed by atoms with Crippen LogP contribution in [0, 0.1) is 5.92 Å². The van der Waals surface area contributed by atoms with Crippen molar-refractivity contribution in [2.75, 3.05) is 11.5 Å². The fourth-order valence-corrected chi connectivity index (χ4v) is 6.89. The zero-order valence-electron chi connectivity index (χ0n) is 26.8. The molecular formula is C38H35BrN6O4. The number of aliphatic hydroxyl groups excluding tert-OH is 1. The number of hydrogen-bond acceptors (Lipinski definition) is 6. The van der Waals surface area contributed by atoms with Gasteiger partial charge >= 0.3 is 0 Å². The highest BCUT2D eigenvalue weighted by molar-refractivity contribution is 9.10. The Balaban J connectivity index is 1.05. The maximum Gasteiger partial charge on any atom is 0.279 e. The predicted octanol–water partition coefficient (Wildman–Crippen LogP) is 5.81. The summed E-state index contributed by atoms with van der Waals surface area (Å²) in [5, 5.41) is 34.4. The molecule has 0 aliphatic carbocycles. The van der Waals surface area contributed by atoms with Gasteiger partial charge in [0, 0.05) is 28.7 Å². The molecule has 0 saturated carbocycles. The lowest BCUT2D eigenvalue weighted by Crippen LogP contribution is -2.44. The molecule has 0 bridgehead atoms. The van der Waals surface area contributed by atoms with Gasteiger partial charge in [-0.2, -0.15) is 0 Å². The van der Waals surface area contributed by atoms with Crippen LogP contribution in [0.1, 0.15) is 41.6 Å². The number of aromatic amines is 1. The average Bonchev–Trinajstić information content (AvgIpc) is 3.79. The molecule has 10 nitrogen and oxygen atoms in total. The standard InChI is InChI=1S/C38H35BrN6O4/c1-25(9-7-8-20-43-23-34(40-42-43)31(24-46)27-10-3-2-4-11-27)38(49)32-21-28(39)16-19-35(32)44(37(38)48)22-26-14-17-29(18-15-26)45-36(47)30-12-5-6-13-33(30)41-45/h2-7,9-19,21,23,25,31,41,46,49H,8,20,22,24H2,1H3/b9-7+/t25-,31?,38+/m0/s1. The summed E-state index contributed by atoms with van der Waals surface area (Å²) in [5.74, 6) is -1.18. The molecule has 1 aliphatic rings. The van der Waals surface area contributed by atoms with Gasteiger partial charge in [0.15, 0.2) is 5.60 Å². The lowest BCUT2D eigenvalue weighted by molar-refractivity contribution is -0.139. The number of aliphatic hydroxyl groups is 2. The molecule has 6 aromatic rings. The largest absolute Gasteiger partial charge is 0.395 e. The number of carbonyl (C=O) groups is 1. The van der Waals surface area contributed by atoms with E-state index in [-0.39, 0.29) is 24.6 Å². The maximum atomic E-state index is 14.1. The Kier molecular flexibility index (Phi) is 8.89. The third-order valence-electron chi connectivity index (χ3n) is 9.27. The lowest BCUT2D eigenvalue weighted by atomic mass is 9.83. The Morgan fingerprint density at radius 2 is 1.73 bits per heavy atom. The number of para-hydroxylation sites is 1. The van der Waals surface area contributed by atoms with Crippen molar-refractivity contribution in [2.24, 2.45) is 5.92 Å². The van der Waals surface area contributed by atoms with Gasteiger partial charge in [-0.25, -0.2) is 4.68 Å². The van der Waals surface area contributed by atoms with Crippen LogP contribution in [0.3, 0.4) is 0 Å². The van der Waals surface area contributed by atoms with E-state index in [4.69, 9.17) is 0 Å². The second-order valence-electron chi connectivity index (χ2n) is 12.3. The van der Waals surface area contributed by atoms with Crippen LogP contribution in [-0.4, -0.2) is 47.5 Å². The first-order chi connectivity index (χ1) is 23.8. The van der Waals surface area contributed by atoms with Crippen molar-refractivity contribution in [3.8, 4) is 5.69 Å². The van der Waals surface area contributed by atoms with Crippen LogP contribution >= 0.6 is 15.9 Å². The third kappa shape index (κ3) is 6.05. The number of nitrogens with one attached hydrogen (secondary N) is 1. The number of aryl methyl sites for hydroxylation is 1. The molecule has 1 aliphatic heterocycles. The van der Waals surface area contributed by atoms with Gasteiger partial charge in [0.1, 0.15) is 0 Å². The molecule has 3 N–H and O–H groups in total. The molecule has 3 atom stereocenters. The van der Waals surface area contributed by atoms with E-state index < -0.39 is 17.4 Å². The van der Waals surface area contributed by atoms with Crippen LogP contribution in [0.2, 0.25) is 0 Å². The summed E-state index contributed by atoms with van der Waals surface area (Å²) < 4.78 is 4.01. The molecule has 0 spiro atoms. The highest BCUT2D eigenvalue weighted by Crippen LogP contribution is 2.46. The second-order valence-corrected chi connectivity index (χ2v) is 13.3. The highest BCUT2D eigenvalue weighted by Gasteiger charge is 2.52. The SMILES string of the molecule is C[C@@H](/C=C/CCn1cc(C(CO)c2ccccc2)nn1)[C@]1(O)C(=O)N(Cc2ccc(-n3[nH]c4ccccc4c3=O)cc2)c2ccc(Br)cc21. The Morgan fingerprint density at radius 3 is 2.49 bits per heavy atom. The number of anilines is 1. The minimum absolute atomic E-state index is 0.0704. The van der Waals surface area contributed by atoms with Gasteiger partial charge in [-0.3, -0.25) is 19.4 Å². The van der Waals surface area contributed by atoms with E-state index in [1.807, 2.05) is 116 Å². The van der Waals surface area contributed by atoms with Crippen molar-refractivity contribution >= 4 is 38.4 Å². The third-order valence-corrected chi connectivity index (χ3v) is 9.76. The Morgan fingerprint density at radius 1 is 0.980 bits per heavy atom. The number of carbonyl (C=O) groups excluding carboxylic acids is 1. The van der Waals surface area contributed by atoms with Crippen LogP contribution < -0.4 is 10.5 Å². The molecular weight excluding hydrogens is 684 g/mol. The zero-order valence-corrected chi connectivity index (χ0v) is 28.4. The molecule has 248 valence electrons. The molecule has 7 rings (SSSR count). The van der Waals surface area contributed by atoms with E-state index in [9.17, 15) is 19.8 Å². The first kappa shape index (κ1) is 32.4. The number of amides is 1. The highest BCUT2D eigenvalue weighted by atomic mass is 79.9. The first-order valence-corrected chi connectivity index (χ1v) is 16.9. The lowest BCUT2D eigenvalue weighted by Gasteiger charge is -2.27. The van der Waals surface area contributed by atoms with Crippen molar-refractivity contribution in [1.29, 1.82) is 0 Å². The van der Waals surface area contributed by atoms with Crippen molar-refractivity contribution < 1.29 is 15.0 Å². The molecule has 3 heterocycles. The number of rotatable bonds is 11. The van der Waals surface area contributed by atoms with Crippen molar-refractivity contribution in [3.63, 3.8) is 0 Å². The summed E-state index contributed by atoms with van der Waals surface area (Å²) in [6, 6.07) is 30.1. The van der Waals surface area contributed by atoms with Crippen molar-refractivity contribution in [2.45, 2.75) is 38.0 Å². The van der Waals surface area contributed by atoms with Gasteiger partial charge in [-0.15, -0.1) is 5.10 Å². The van der Waals surface area contributed by atoms with Crippen LogP contribution in [0.5, 0.6) is 0 Å². The number of nitrogens with zero attached hydrogens (tertiary/aromatic N) is 5. The average molecular weight is 720 g/mol. The molecule has 49 heavy (non-hydrogen) atoms. The van der Waals surface area contributed by atoms with E-state index in [0.29, 0.717) is 41.0 Å². The Hall–Kier alpha value is -5.10. The number of halogens is 1. The minimum Gasteiger partial charge on any atom is -0.395 e. The van der Waals surface area contributed by atoms with Crippen LogP contribution in [-0.2, 0) is 23.5 Å². The summed E-state index contributed by atoms with van der Waals surface area (Å²) in [7, 11) is 0. The van der Waals surface area contributed by atoms with Gasteiger partial charge in [0.25, 0.3) is 11.5 Å². The van der Waals surface area contributed by atoms with E-state index in [0.717, 1.165) is 21.1 Å². The normalized spacial score (nSPS) is 17.2. The first-order valence-electron chi connectivity index (χ1n) is 16.1. The monoisotopic (exact) mass is 718 g/mol. The van der Waals surface area contributed by atoms with E-state index in [1.54, 1.807) is 15.6 Å². The molecule has 4 aromatic carbocycles. The van der Waals surface area contributed by atoms with E-state index >= 15 is 0 Å². The molecule has 1 unspecified atom stereocenters. The van der Waals surface area contributed by atoms with Crippen molar-refractivity contribution in [1.82, 2.24) is 24.8 Å². The maximum absolute atomic E-state index is 14.1.